The lowest BCUT2D eigenvalue weighted by molar-refractivity contribution is 0.0697. The summed E-state index contributed by atoms with van der Waals surface area (Å²) in [5, 5.41) is 11.6. The molecule has 0 bridgehead atoms. The molecule has 1 rings (SSSR count). The van der Waals surface area contributed by atoms with E-state index in [9.17, 15) is 13.2 Å². The SMILES string of the molecule is CCNS(=O)(=O)CCNc1cc(C(=O)O)c(Cl)cn1. The minimum Gasteiger partial charge on any atom is -0.478 e. The number of carboxylic acid groups (broad SMARTS) is 1. The van der Waals surface area contributed by atoms with Crippen LogP contribution in [0, 0.1) is 0 Å². The summed E-state index contributed by atoms with van der Waals surface area (Å²) in [6, 6.07) is 1.25. The topological polar surface area (TPSA) is 108 Å². The van der Waals surface area contributed by atoms with Crippen molar-refractivity contribution in [3.63, 3.8) is 0 Å². The van der Waals surface area contributed by atoms with E-state index in [0.717, 1.165) is 0 Å². The number of hydrogen-bond acceptors (Lipinski definition) is 5. The summed E-state index contributed by atoms with van der Waals surface area (Å²) in [5.41, 5.74) is -0.0892. The lowest BCUT2D eigenvalue weighted by Gasteiger charge is -2.08. The fourth-order valence-electron chi connectivity index (χ4n) is 1.30. The van der Waals surface area contributed by atoms with Crippen LogP contribution in [0.25, 0.3) is 0 Å². The molecule has 7 nitrogen and oxygen atoms in total. The van der Waals surface area contributed by atoms with Crippen molar-refractivity contribution in [1.82, 2.24) is 9.71 Å². The molecule has 0 aliphatic rings. The van der Waals surface area contributed by atoms with Gasteiger partial charge in [0.05, 0.1) is 16.3 Å². The van der Waals surface area contributed by atoms with Crippen molar-refractivity contribution in [2.45, 2.75) is 6.92 Å². The molecule has 106 valence electrons. The van der Waals surface area contributed by atoms with Crippen LogP contribution in [0.1, 0.15) is 17.3 Å². The Hall–Kier alpha value is -1.38. The van der Waals surface area contributed by atoms with Crippen molar-refractivity contribution >= 4 is 33.4 Å². The Morgan fingerprint density at radius 1 is 1.53 bits per heavy atom. The van der Waals surface area contributed by atoms with Crippen LogP contribution in [-0.2, 0) is 10.0 Å². The maximum atomic E-state index is 11.4. The van der Waals surface area contributed by atoms with Crippen LogP contribution >= 0.6 is 11.6 Å². The van der Waals surface area contributed by atoms with E-state index in [4.69, 9.17) is 16.7 Å². The molecule has 0 radical (unpaired) electrons. The first kappa shape index (κ1) is 15.7. The van der Waals surface area contributed by atoms with E-state index in [-0.39, 0.29) is 28.7 Å². The molecular weight excluding hydrogens is 294 g/mol. The zero-order chi connectivity index (χ0) is 14.5. The van der Waals surface area contributed by atoms with E-state index in [2.05, 4.69) is 15.0 Å². The number of aromatic carboxylic acids is 1. The highest BCUT2D eigenvalue weighted by molar-refractivity contribution is 7.89. The molecule has 0 spiro atoms. The zero-order valence-electron chi connectivity index (χ0n) is 10.2. The van der Waals surface area contributed by atoms with Gasteiger partial charge in [-0.3, -0.25) is 0 Å². The number of carboxylic acids is 1. The second kappa shape index (κ2) is 6.69. The maximum Gasteiger partial charge on any atom is 0.337 e. The predicted molar refractivity (Wildman–Crippen MR) is 72.2 cm³/mol. The lowest BCUT2D eigenvalue weighted by Crippen LogP contribution is -2.29. The van der Waals surface area contributed by atoms with E-state index >= 15 is 0 Å². The van der Waals surface area contributed by atoms with Gasteiger partial charge in [-0.1, -0.05) is 18.5 Å². The van der Waals surface area contributed by atoms with Gasteiger partial charge in [-0.25, -0.2) is 22.9 Å². The van der Waals surface area contributed by atoms with Crippen LogP contribution in [0.4, 0.5) is 5.82 Å². The van der Waals surface area contributed by atoms with E-state index in [1.54, 1.807) is 6.92 Å². The number of carbonyl (C=O) groups is 1. The average molecular weight is 308 g/mol. The lowest BCUT2D eigenvalue weighted by atomic mass is 10.2. The summed E-state index contributed by atoms with van der Waals surface area (Å²) in [6.07, 6.45) is 1.20. The highest BCUT2D eigenvalue weighted by atomic mass is 35.5. The van der Waals surface area contributed by atoms with Gasteiger partial charge < -0.3 is 10.4 Å². The molecule has 3 N–H and O–H groups in total. The van der Waals surface area contributed by atoms with Gasteiger partial charge in [-0.2, -0.15) is 0 Å². The fraction of sp³-hybridized carbons (Fsp3) is 0.400. The van der Waals surface area contributed by atoms with Crippen LogP contribution in [0.2, 0.25) is 5.02 Å². The van der Waals surface area contributed by atoms with Crippen molar-refractivity contribution in [3.05, 3.63) is 22.8 Å². The number of pyridine rings is 1. The molecule has 0 atom stereocenters. The Morgan fingerprint density at radius 3 is 2.79 bits per heavy atom. The number of hydrogen-bond donors (Lipinski definition) is 3. The first-order valence-corrected chi connectivity index (χ1v) is 7.49. The third-order valence-electron chi connectivity index (χ3n) is 2.13. The molecule has 0 amide bonds. The van der Waals surface area contributed by atoms with Crippen LogP contribution in [0.15, 0.2) is 12.3 Å². The van der Waals surface area contributed by atoms with Crippen molar-refractivity contribution in [1.29, 1.82) is 0 Å². The average Bonchev–Trinajstić information content (AvgIpc) is 2.30. The zero-order valence-corrected chi connectivity index (χ0v) is 11.8. The number of nitrogens with one attached hydrogen (secondary N) is 2. The summed E-state index contributed by atoms with van der Waals surface area (Å²) in [6.45, 7) is 2.12. The van der Waals surface area contributed by atoms with Crippen LogP contribution in [-0.4, -0.2) is 43.3 Å². The smallest absolute Gasteiger partial charge is 0.337 e. The molecule has 9 heteroatoms. The molecule has 1 aromatic rings. The Morgan fingerprint density at radius 2 is 2.21 bits per heavy atom. The number of nitrogens with zero attached hydrogens (tertiary/aromatic N) is 1. The molecule has 0 aliphatic carbocycles. The standard InChI is InChI=1S/C10H14ClN3O4S/c1-2-14-19(17,18)4-3-12-9-5-7(10(15)16)8(11)6-13-9/h5-6,14H,2-4H2,1H3,(H,12,13)(H,15,16). The number of sulfonamides is 1. The molecule has 1 aromatic heterocycles. The number of aromatic nitrogens is 1. The summed E-state index contributed by atoms with van der Waals surface area (Å²) >= 11 is 5.66. The Bertz CT molecular complexity index is 562. The summed E-state index contributed by atoms with van der Waals surface area (Å²) in [5.74, 6) is -1.04. The van der Waals surface area contributed by atoms with E-state index in [1.165, 1.54) is 12.3 Å². The third-order valence-corrected chi connectivity index (χ3v) is 3.90. The molecule has 1 heterocycles. The van der Waals surface area contributed by atoms with Gasteiger partial charge in [-0.15, -0.1) is 0 Å². The third kappa shape index (κ3) is 5.01. The van der Waals surface area contributed by atoms with E-state index in [0.29, 0.717) is 6.54 Å². The summed E-state index contributed by atoms with van der Waals surface area (Å²) in [4.78, 5) is 14.7. The molecule has 0 fully saturated rings. The van der Waals surface area contributed by atoms with Gasteiger partial charge in [-0.05, 0) is 6.07 Å². The van der Waals surface area contributed by atoms with E-state index in [1.807, 2.05) is 0 Å². The Kier molecular flexibility index (Phi) is 5.52. The van der Waals surface area contributed by atoms with Crippen LogP contribution in [0.3, 0.4) is 0 Å². The van der Waals surface area contributed by atoms with Crippen LogP contribution in [0.5, 0.6) is 0 Å². The minimum absolute atomic E-state index is 0.0262. The van der Waals surface area contributed by atoms with Crippen LogP contribution < -0.4 is 10.0 Å². The minimum atomic E-state index is -3.32. The first-order valence-electron chi connectivity index (χ1n) is 5.45. The van der Waals surface area contributed by atoms with Gasteiger partial charge in [0, 0.05) is 19.3 Å². The second-order valence-electron chi connectivity index (χ2n) is 3.60. The van der Waals surface area contributed by atoms with Crippen molar-refractivity contribution in [3.8, 4) is 0 Å². The molecule has 0 saturated heterocycles. The molecule has 0 aliphatic heterocycles. The van der Waals surface area contributed by atoms with Gasteiger partial charge in [0.25, 0.3) is 0 Å². The largest absolute Gasteiger partial charge is 0.478 e. The molecule has 0 unspecified atom stereocenters. The van der Waals surface area contributed by atoms with Crippen molar-refractivity contribution in [2.75, 3.05) is 24.2 Å². The normalized spacial score (nSPS) is 11.3. The number of anilines is 1. The number of halogens is 1. The number of rotatable bonds is 7. The van der Waals surface area contributed by atoms with Gasteiger partial charge in [0.15, 0.2) is 0 Å². The van der Waals surface area contributed by atoms with Gasteiger partial charge in [0.2, 0.25) is 10.0 Å². The van der Waals surface area contributed by atoms with Crippen molar-refractivity contribution < 1.29 is 18.3 Å². The monoisotopic (exact) mass is 307 g/mol. The second-order valence-corrected chi connectivity index (χ2v) is 5.93. The molecule has 0 aromatic carbocycles. The fourth-order valence-corrected chi connectivity index (χ4v) is 2.44. The maximum absolute atomic E-state index is 11.4. The molecule has 0 saturated carbocycles. The molecule has 19 heavy (non-hydrogen) atoms. The first-order chi connectivity index (χ1) is 8.85. The quantitative estimate of drug-likeness (QED) is 0.687. The highest BCUT2D eigenvalue weighted by Crippen LogP contribution is 2.17. The summed E-state index contributed by atoms with van der Waals surface area (Å²) in [7, 11) is -3.32. The van der Waals surface area contributed by atoms with Gasteiger partial charge in [0.1, 0.15) is 5.82 Å². The van der Waals surface area contributed by atoms with Gasteiger partial charge >= 0.3 is 5.97 Å². The predicted octanol–water partition coefficient (Wildman–Crippen LogP) is 0.784. The highest BCUT2D eigenvalue weighted by Gasteiger charge is 2.11. The summed E-state index contributed by atoms with van der Waals surface area (Å²) < 4.78 is 25.1. The Labute approximate surface area is 116 Å². The molecular formula is C10H14ClN3O4S. The Balaban J connectivity index is 2.64. The van der Waals surface area contributed by atoms with E-state index < -0.39 is 16.0 Å². The van der Waals surface area contributed by atoms with Crippen molar-refractivity contribution in [2.24, 2.45) is 0 Å².